The van der Waals surface area contributed by atoms with Crippen LogP contribution in [0.2, 0.25) is 0 Å². The first-order valence-corrected chi connectivity index (χ1v) is 6.73. The summed E-state index contributed by atoms with van der Waals surface area (Å²) < 4.78 is 5.10. The van der Waals surface area contributed by atoms with Crippen LogP contribution in [0, 0.1) is 0 Å². The molecule has 0 saturated heterocycles. The summed E-state index contributed by atoms with van der Waals surface area (Å²) in [4.78, 5) is 23.7. The summed E-state index contributed by atoms with van der Waals surface area (Å²) in [5, 5.41) is 2.77. The number of hydrogen-bond donors (Lipinski definition) is 1. The van der Waals surface area contributed by atoms with Crippen LogP contribution in [-0.2, 0) is 4.74 Å². The fourth-order valence-electron chi connectivity index (χ4n) is 1.76. The minimum Gasteiger partial charge on any atom is -0.459 e. The highest BCUT2D eigenvalue weighted by molar-refractivity contribution is 6.04. The van der Waals surface area contributed by atoms with Crippen molar-refractivity contribution in [3.63, 3.8) is 0 Å². The molecule has 0 saturated carbocycles. The Labute approximate surface area is 123 Å². The van der Waals surface area contributed by atoms with Gasteiger partial charge < -0.3 is 10.1 Å². The van der Waals surface area contributed by atoms with E-state index in [2.05, 4.69) is 5.32 Å². The Hall–Kier alpha value is -2.62. The van der Waals surface area contributed by atoms with Crippen LogP contribution in [-0.4, -0.2) is 18.0 Å². The predicted molar refractivity (Wildman–Crippen MR) is 81.4 cm³/mol. The zero-order chi connectivity index (χ0) is 15.2. The highest BCUT2D eigenvalue weighted by Gasteiger charge is 2.10. The standard InChI is InChI=1S/C17H17NO3/c1-12(2)21-17(20)14-8-10-15(11-9-14)18-16(19)13-6-4-3-5-7-13/h3-12H,1-2H3,(H,18,19). The Morgan fingerprint density at radius 3 is 2.10 bits per heavy atom. The summed E-state index contributed by atoms with van der Waals surface area (Å²) in [6.07, 6.45) is -0.157. The van der Waals surface area contributed by atoms with E-state index in [1.807, 2.05) is 6.07 Å². The van der Waals surface area contributed by atoms with E-state index in [0.29, 0.717) is 16.8 Å². The molecule has 0 aliphatic rings. The molecule has 0 bridgehead atoms. The zero-order valence-corrected chi connectivity index (χ0v) is 12.0. The molecule has 0 aliphatic carbocycles. The number of carbonyl (C=O) groups is 2. The maximum absolute atomic E-state index is 12.0. The van der Waals surface area contributed by atoms with Crippen molar-refractivity contribution in [3.8, 4) is 0 Å². The molecule has 1 N–H and O–H groups in total. The highest BCUT2D eigenvalue weighted by atomic mass is 16.5. The van der Waals surface area contributed by atoms with Crippen molar-refractivity contribution in [1.29, 1.82) is 0 Å². The normalized spacial score (nSPS) is 10.2. The van der Waals surface area contributed by atoms with Crippen LogP contribution in [0.15, 0.2) is 54.6 Å². The smallest absolute Gasteiger partial charge is 0.338 e. The topological polar surface area (TPSA) is 55.4 Å². The van der Waals surface area contributed by atoms with Crippen LogP contribution in [0.3, 0.4) is 0 Å². The third-order valence-electron chi connectivity index (χ3n) is 2.76. The summed E-state index contributed by atoms with van der Waals surface area (Å²) in [5.74, 6) is -0.556. The average molecular weight is 283 g/mol. The van der Waals surface area contributed by atoms with Gasteiger partial charge in [-0.1, -0.05) is 18.2 Å². The predicted octanol–water partition coefficient (Wildman–Crippen LogP) is 3.50. The molecule has 0 fully saturated rings. The Morgan fingerprint density at radius 2 is 1.52 bits per heavy atom. The van der Waals surface area contributed by atoms with Gasteiger partial charge in [0.1, 0.15) is 0 Å². The van der Waals surface area contributed by atoms with Crippen molar-refractivity contribution in [3.05, 3.63) is 65.7 Å². The van der Waals surface area contributed by atoms with E-state index >= 15 is 0 Å². The van der Waals surface area contributed by atoms with Crippen molar-refractivity contribution in [2.45, 2.75) is 20.0 Å². The maximum Gasteiger partial charge on any atom is 0.338 e. The van der Waals surface area contributed by atoms with Crippen molar-refractivity contribution < 1.29 is 14.3 Å². The van der Waals surface area contributed by atoms with Crippen LogP contribution < -0.4 is 5.32 Å². The highest BCUT2D eigenvalue weighted by Crippen LogP contribution is 2.12. The van der Waals surface area contributed by atoms with Gasteiger partial charge >= 0.3 is 5.97 Å². The third kappa shape index (κ3) is 4.18. The second-order valence-corrected chi connectivity index (χ2v) is 4.85. The molecule has 1 amide bonds. The van der Waals surface area contributed by atoms with Gasteiger partial charge in [-0.15, -0.1) is 0 Å². The molecule has 0 heterocycles. The summed E-state index contributed by atoms with van der Waals surface area (Å²) >= 11 is 0. The Morgan fingerprint density at radius 1 is 0.905 bits per heavy atom. The minimum atomic E-state index is -0.370. The summed E-state index contributed by atoms with van der Waals surface area (Å²) in [7, 11) is 0. The molecule has 0 radical (unpaired) electrons. The van der Waals surface area contributed by atoms with E-state index in [1.165, 1.54) is 0 Å². The number of ether oxygens (including phenoxy) is 1. The first kappa shape index (κ1) is 14.8. The molecule has 0 aromatic heterocycles. The quantitative estimate of drug-likeness (QED) is 0.874. The van der Waals surface area contributed by atoms with E-state index in [0.717, 1.165) is 0 Å². The van der Waals surface area contributed by atoms with Crippen molar-refractivity contribution in [1.82, 2.24) is 0 Å². The van der Waals surface area contributed by atoms with Gasteiger partial charge in [0.15, 0.2) is 0 Å². The van der Waals surface area contributed by atoms with Crippen molar-refractivity contribution in [2.75, 3.05) is 5.32 Å². The zero-order valence-electron chi connectivity index (χ0n) is 12.0. The number of benzene rings is 2. The molecule has 2 aromatic carbocycles. The number of carbonyl (C=O) groups excluding carboxylic acids is 2. The molecular formula is C17H17NO3. The van der Waals surface area contributed by atoms with Crippen LogP contribution >= 0.6 is 0 Å². The summed E-state index contributed by atoms with van der Waals surface area (Å²) in [6, 6.07) is 15.6. The largest absolute Gasteiger partial charge is 0.459 e. The second kappa shape index (κ2) is 6.70. The number of anilines is 1. The van der Waals surface area contributed by atoms with Gasteiger partial charge in [0.25, 0.3) is 5.91 Å². The second-order valence-electron chi connectivity index (χ2n) is 4.85. The third-order valence-corrected chi connectivity index (χ3v) is 2.76. The SMILES string of the molecule is CC(C)OC(=O)c1ccc(NC(=O)c2ccccc2)cc1. The Balaban J connectivity index is 2.03. The van der Waals surface area contributed by atoms with E-state index in [1.54, 1.807) is 62.4 Å². The van der Waals surface area contributed by atoms with E-state index in [4.69, 9.17) is 4.74 Å². The van der Waals surface area contributed by atoms with Gasteiger partial charge in [0.2, 0.25) is 0 Å². The number of nitrogens with one attached hydrogen (secondary N) is 1. The van der Waals surface area contributed by atoms with E-state index in [9.17, 15) is 9.59 Å². The lowest BCUT2D eigenvalue weighted by atomic mass is 10.2. The monoisotopic (exact) mass is 283 g/mol. The summed E-state index contributed by atoms with van der Waals surface area (Å²) in [5.41, 5.74) is 1.67. The lowest BCUT2D eigenvalue weighted by Crippen LogP contribution is -2.13. The van der Waals surface area contributed by atoms with Crippen LogP contribution in [0.5, 0.6) is 0 Å². The van der Waals surface area contributed by atoms with Gasteiger partial charge in [0.05, 0.1) is 11.7 Å². The van der Waals surface area contributed by atoms with Gasteiger partial charge in [0, 0.05) is 11.3 Å². The molecule has 108 valence electrons. The molecule has 2 rings (SSSR count). The molecule has 0 aliphatic heterocycles. The number of amides is 1. The maximum atomic E-state index is 12.0. The molecule has 0 spiro atoms. The summed E-state index contributed by atoms with van der Waals surface area (Å²) in [6.45, 7) is 3.60. The molecule has 21 heavy (non-hydrogen) atoms. The molecule has 4 heteroatoms. The number of rotatable bonds is 4. The first-order valence-electron chi connectivity index (χ1n) is 6.73. The average Bonchev–Trinajstić information content (AvgIpc) is 2.48. The number of esters is 1. The van der Waals surface area contributed by atoms with E-state index < -0.39 is 0 Å². The first-order chi connectivity index (χ1) is 10.1. The van der Waals surface area contributed by atoms with Gasteiger partial charge in [-0.3, -0.25) is 4.79 Å². The minimum absolute atomic E-state index is 0.157. The molecular weight excluding hydrogens is 266 g/mol. The van der Waals surface area contributed by atoms with Crippen LogP contribution in [0.4, 0.5) is 5.69 Å². The van der Waals surface area contributed by atoms with Gasteiger partial charge in [-0.05, 0) is 50.2 Å². The van der Waals surface area contributed by atoms with Crippen molar-refractivity contribution in [2.24, 2.45) is 0 Å². The molecule has 4 nitrogen and oxygen atoms in total. The van der Waals surface area contributed by atoms with Gasteiger partial charge in [-0.25, -0.2) is 4.79 Å². The Bertz CT molecular complexity index is 618. The molecule has 2 aromatic rings. The lowest BCUT2D eigenvalue weighted by molar-refractivity contribution is 0.0378. The van der Waals surface area contributed by atoms with E-state index in [-0.39, 0.29) is 18.0 Å². The van der Waals surface area contributed by atoms with Gasteiger partial charge in [-0.2, -0.15) is 0 Å². The molecule has 0 atom stereocenters. The molecule has 0 unspecified atom stereocenters. The fraction of sp³-hybridized carbons (Fsp3) is 0.176. The van der Waals surface area contributed by atoms with Crippen LogP contribution in [0.1, 0.15) is 34.6 Å². The fourth-order valence-corrected chi connectivity index (χ4v) is 1.76. The lowest BCUT2D eigenvalue weighted by Gasteiger charge is -2.09. The number of hydrogen-bond acceptors (Lipinski definition) is 3. The van der Waals surface area contributed by atoms with Crippen molar-refractivity contribution >= 4 is 17.6 Å². The van der Waals surface area contributed by atoms with Crippen LogP contribution in [0.25, 0.3) is 0 Å². The Kier molecular flexibility index (Phi) is 4.72.